The van der Waals surface area contributed by atoms with Crippen LogP contribution in [-0.2, 0) is 0 Å². The fourth-order valence-electron chi connectivity index (χ4n) is 3.75. The van der Waals surface area contributed by atoms with E-state index in [0.717, 1.165) is 0 Å². The first-order valence-electron chi connectivity index (χ1n) is 8.64. The van der Waals surface area contributed by atoms with E-state index in [2.05, 4.69) is 121 Å². The number of rotatable bonds is 4. The molecule has 122 valence electrons. The molecular formula is C24H21Bi. The molecule has 0 saturated carbocycles. The van der Waals surface area contributed by atoms with Crippen LogP contribution in [0.2, 0.25) is 0 Å². The van der Waals surface area contributed by atoms with Crippen molar-refractivity contribution in [3.8, 4) is 0 Å². The van der Waals surface area contributed by atoms with Crippen molar-refractivity contribution in [1.29, 1.82) is 0 Å². The predicted octanol–water partition coefficient (Wildman–Crippen LogP) is 2.80. The molecule has 0 aromatic heterocycles. The summed E-state index contributed by atoms with van der Waals surface area (Å²) in [5.41, 5.74) is 0. The normalized spacial score (nSPS) is 11.8. The molecule has 0 bridgehead atoms. The van der Waals surface area contributed by atoms with Gasteiger partial charge in [0.15, 0.2) is 0 Å². The molecule has 0 heterocycles. The molecule has 0 radical (unpaired) electrons. The van der Waals surface area contributed by atoms with Crippen molar-refractivity contribution in [2.45, 2.75) is 0 Å². The van der Waals surface area contributed by atoms with Crippen LogP contribution in [0.3, 0.4) is 0 Å². The first-order valence-corrected chi connectivity index (χ1v) is 16.4. The minimum atomic E-state index is -3.48. The van der Waals surface area contributed by atoms with Crippen molar-refractivity contribution in [2.24, 2.45) is 0 Å². The predicted molar refractivity (Wildman–Crippen MR) is 111 cm³/mol. The molecule has 0 aliphatic heterocycles. The third-order valence-electron chi connectivity index (χ3n) is 4.83. The van der Waals surface area contributed by atoms with Gasteiger partial charge in [-0.2, -0.15) is 0 Å². The van der Waals surface area contributed by atoms with Crippen LogP contribution in [0.25, 0.3) is 0 Å². The molecule has 0 atom stereocenters. The fraction of sp³-hybridized carbons (Fsp3) is 0. The van der Waals surface area contributed by atoms with Crippen molar-refractivity contribution in [1.82, 2.24) is 0 Å². The van der Waals surface area contributed by atoms with Crippen molar-refractivity contribution in [3.63, 3.8) is 0 Å². The summed E-state index contributed by atoms with van der Waals surface area (Å²) in [6.45, 7) is 0. The summed E-state index contributed by atoms with van der Waals surface area (Å²) >= 11 is -3.48. The summed E-state index contributed by atoms with van der Waals surface area (Å²) in [6.07, 6.45) is 0. The zero-order valence-electron chi connectivity index (χ0n) is 14.0. The fourth-order valence-corrected chi connectivity index (χ4v) is 22.3. The van der Waals surface area contributed by atoms with E-state index >= 15 is 0 Å². The molecule has 25 heavy (non-hydrogen) atoms. The van der Waals surface area contributed by atoms with Gasteiger partial charge in [-0.25, -0.2) is 0 Å². The van der Waals surface area contributed by atoms with E-state index in [1.54, 1.807) is 0 Å². The second kappa shape index (κ2) is 7.34. The Balaban J connectivity index is 2.13. The maximum atomic E-state index is 2.33. The molecule has 4 aromatic rings. The number of hydrogen-bond donors (Lipinski definition) is 0. The summed E-state index contributed by atoms with van der Waals surface area (Å²) < 4.78 is 5.99. The molecule has 4 aromatic carbocycles. The molecule has 0 unspecified atom stereocenters. The third-order valence-corrected chi connectivity index (χ3v) is 23.5. The zero-order valence-corrected chi connectivity index (χ0v) is 17.9. The van der Waals surface area contributed by atoms with Crippen molar-refractivity contribution >= 4 is 33.4 Å². The molecule has 1 heteroatoms. The Bertz CT molecular complexity index is 753. The molecule has 0 fully saturated rings. The van der Waals surface area contributed by atoms with Gasteiger partial charge in [-0.15, -0.1) is 0 Å². The van der Waals surface area contributed by atoms with E-state index in [1.165, 1.54) is 13.1 Å². The standard InChI is InChI=1S/4C6H5.Bi.H/c4*1-2-4-6-5-3-1;;/h4*1-5H;;. The first kappa shape index (κ1) is 16.2. The Labute approximate surface area is 154 Å². The summed E-state index contributed by atoms with van der Waals surface area (Å²) in [7, 11) is 0. The minimum absolute atomic E-state index is 1.50. The topological polar surface area (TPSA) is 0 Å². The van der Waals surface area contributed by atoms with E-state index in [1.807, 2.05) is 0 Å². The third kappa shape index (κ3) is 2.94. The van der Waals surface area contributed by atoms with E-state index < -0.39 is 20.3 Å². The molecule has 0 N–H and O–H groups in total. The number of benzene rings is 4. The maximum absolute atomic E-state index is 3.48. The average Bonchev–Trinajstić information content (AvgIpc) is 2.72. The molecular weight excluding hydrogens is 497 g/mol. The van der Waals surface area contributed by atoms with Gasteiger partial charge >= 0.3 is 155 Å². The molecule has 4 rings (SSSR count). The SMILES string of the molecule is c1cc[c]([BiH]([c]2ccccc2)([c]2ccccc2)[c]2ccccc2)cc1. The van der Waals surface area contributed by atoms with Gasteiger partial charge in [-0.05, 0) is 0 Å². The Kier molecular flexibility index (Phi) is 4.77. The van der Waals surface area contributed by atoms with Crippen LogP contribution < -0.4 is 13.1 Å². The molecule has 0 amide bonds. The van der Waals surface area contributed by atoms with E-state index in [-0.39, 0.29) is 0 Å². The van der Waals surface area contributed by atoms with Crippen molar-refractivity contribution in [3.05, 3.63) is 121 Å². The van der Waals surface area contributed by atoms with E-state index in [0.29, 0.717) is 0 Å². The van der Waals surface area contributed by atoms with Crippen LogP contribution in [-0.4, -0.2) is 20.3 Å². The van der Waals surface area contributed by atoms with Crippen LogP contribution in [0, 0.1) is 0 Å². The van der Waals surface area contributed by atoms with Crippen LogP contribution in [0.4, 0.5) is 0 Å². The second-order valence-electron chi connectivity index (χ2n) is 6.21. The molecule has 0 spiro atoms. The summed E-state index contributed by atoms with van der Waals surface area (Å²) in [4.78, 5) is 0. The van der Waals surface area contributed by atoms with Crippen molar-refractivity contribution < 1.29 is 0 Å². The zero-order chi connectivity index (χ0) is 17.0. The van der Waals surface area contributed by atoms with Crippen LogP contribution in [0.5, 0.6) is 0 Å². The monoisotopic (exact) mass is 518 g/mol. The Morgan fingerprint density at radius 3 is 0.680 bits per heavy atom. The van der Waals surface area contributed by atoms with Crippen LogP contribution in [0.1, 0.15) is 0 Å². The second-order valence-corrected chi connectivity index (χ2v) is 21.0. The van der Waals surface area contributed by atoms with Gasteiger partial charge in [0, 0.05) is 0 Å². The van der Waals surface area contributed by atoms with Crippen molar-refractivity contribution in [2.75, 3.05) is 0 Å². The quantitative estimate of drug-likeness (QED) is 0.365. The molecule has 0 aliphatic rings. The molecule has 0 aliphatic carbocycles. The average molecular weight is 518 g/mol. The molecule has 0 nitrogen and oxygen atoms in total. The molecule has 0 saturated heterocycles. The summed E-state index contributed by atoms with van der Waals surface area (Å²) in [5, 5.41) is 0. The number of hydrogen-bond acceptors (Lipinski definition) is 0. The van der Waals surface area contributed by atoms with Crippen LogP contribution >= 0.6 is 0 Å². The Morgan fingerprint density at radius 1 is 0.280 bits per heavy atom. The van der Waals surface area contributed by atoms with Gasteiger partial charge in [-0.3, -0.25) is 0 Å². The Morgan fingerprint density at radius 2 is 0.480 bits per heavy atom. The van der Waals surface area contributed by atoms with E-state index in [9.17, 15) is 0 Å². The first-order chi connectivity index (χ1) is 12.4. The van der Waals surface area contributed by atoms with Gasteiger partial charge in [0.2, 0.25) is 0 Å². The van der Waals surface area contributed by atoms with Gasteiger partial charge in [-0.1, -0.05) is 0 Å². The van der Waals surface area contributed by atoms with Gasteiger partial charge in [0.05, 0.1) is 0 Å². The van der Waals surface area contributed by atoms with E-state index in [4.69, 9.17) is 0 Å². The van der Waals surface area contributed by atoms with Gasteiger partial charge in [0.25, 0.3) is 0 Å². The summed E-state index contributed by atoms with van der Waals surface area (Å²) in [5.74, 6) is 0. The van der Waals surface area contributed by atoms with Gasteiger partial charge in [0.1, 0.15) is 0 Å². The Hall–Kier alpha value is -2.24. The summed E-state index contributed by atoms with van der Waals surface area (Å²) in [6, 6.07) is 44.5. The van der Waals surface area contributed by atoms with Gasteiger partial charge < -0.3 is 0 Å². The van der Waals surface area contributed by atoms with Crippen LogP contribution in [0.15, 0.2) is 121 Å².